The van der Waals surface area contributed by atoms with E-state index >= 15 is 0 Å². The quantitative estimate of drug-likeness (QED) is 0.206. The number of esters is 1. The number of benzene rings is 3. The molecule has 2 atom stereocenters. The molecule has 0 saturated heterocycles. The van der Waals surface area contributed by atoms with Crippen molar-refractivity contribution < 1.29 is 28.9 Å². The van der Waals surface area contributed by atoms with E-state index in [2.05, 4.69) is 0 Å². The van der Waals surface area contributed by atoms with Crippen molar-refractivity contribution in [3.05, 3.63) is 98.1 Å². The van der Waals surface area contributed by atoms with Crippen LogP contribution >= 0.6 is 11.8 Å². The molecular formula is C27H26N4O8S. The molecular weight excluding hydrogens is 540 g/mol. The summed E-state index contributed by atoms with van der Waals surface area (Å²) in [6.07, 6.45) is -1.32. The van der Waals surface area contributed by atoms with Crippen LogP contribution in [0.5, 0.6) is 5.75 Å². The van der Waals surface area contributed by atoms with E-state index in [1.807, 2.05) is 43.3 Å². The summed E-state index contributed by atoms with van der Waals surface area (Å²) >= 11 is 1.35. The maximum Gasteiger partial charge on any atom is 0.346 e. The largest absolute Gasteiger partial charge is 0.497 e. The van der Waals surface area contributed by atoms with Crippen molar-refractivity contribution in [2.45, 2.75) is 16.2 Å². The number of nitro groups is 2. The van der Waals surface area contributed by atoms with Gasteiger partial charge in [-0.2, -0.15) is 0 Å². The highest BCUT2D eigenvalue weighted by Gasteiger charge is 2.41. The van der Waals surface area contributed by atoms with Crippen molar-refractivity contribution in [2.75, 3.05) is 39.2 Å². The molecule has 0 aromatic heterocycles. The standard InChI is InChI=1S/C27H26N4O8S/c1-28(2)14-15-29-21-6-4-5-7-23(21)40-25(17-8-11-19(38-3)12-9-17)24(26(29)32)39-27(33)18-10-13-20(30(34)35)22(16-18)31(36)37/h4-13,16,24-25H,14-15H2,1-3H3/t24-,25+/m0/s1. The van der Waals surface area contributed by atoms with Gasteiger partial charge in [0, 0.05) is 30.1 Å². The molecule has 0 aliphatic carbocycles. The number of anilines is 1. The van der Waals surface area contributed by atoms with E-state index in [-0.39, 0.29) is 5.56 Å². The molecule has 1 amide bonds. The van der Waals surface area contributed by atoms with E-state index in [4.69, 9.17) is 9.47 Å². The minimum absolute atomic E-state index is 0.287. The Morgan fingerprint density at radius 2 is 1.68 bits per heavy atom. The van der Waals surface area contributed by atoms with Gasteiger partial charge in [0.1, 0.15) is 5.75 Å². The molecule has 12 nitrogen and oxygen atoms in total. The van der Waals surface area contributed by atoms with Crippen LogP contribution in [0.4, 0.5) is 17.1 Å². The highest BCUT2D eigenvalue weighted by molar-refractivity contribution is 7.99. The minimum atomic E-state index is -1.32. The Morgan fingerprint density at radius 3 is 2.30 bits per heavy atom. The van der Waals surface area contributed by atoms with Crippen molar-refractivity contribution in [1.29, 1.82) is 0 Å². The molecule has 1 heterocycles. The number of nitro benzene ring substituents is 2. The average Bonchev–Trinajstić information content (AvgIpc) is 3.05. The highest BCUT2D eigenvalue weighted by Crippen LogP contribution is 2.47. The van der Waals surface area contributed by atoms with Crippen LogP contribution < -0.4 is 9.64 Å². The first-order valence-corrected chi connectivity index (χ1v) is 13.0. The lowest BCUT2D eigenvalue weighted by Crippen LogP contribution is -2.45. The van der Waals surface area contributed by atoms with Crippen LogP contribution in [0.15, 0.2) is 71.6 Å². The number of hydrogen-bond donors (Lipinski definition) is 0. The molecule has 208 valence electrons. The third-order valence-electron chi connectivity index (χ3n) is 6.25. The fourth-order valence-electron chi connectivity index (χ4n) is 4.19. The summed E-state index contributed by atoms with van der Waals surface area (Å²) in [6.45, 7) is 0.850. The number of fused-ring (bicyclic) bond motifs is 1. The molecule has 0 spiro atoms. The predicted octanol–water partition coefficient (Wildman–Crippen LogP) is 4.48. The van der Waals surface area contributed by atoms with E-state index in [0.29, 0.717) is 30.1 Å². The second kappa shape index (κ2) is 12.1. The van der Waals surface area contributed by atoms with Gasteiger partial charge in [-0.3, -0.25) is 25.0 Å². The summed E-state index contributed by atoms with van der Waals surface area (Å²) in [5.41, 5.74) is -0.541. The Hall–Kier alpha value is -4.49. The Morgan fingerprint density at radius 1 is 1.00 bits per heavy atom. The number of hydrogen-bond acceptors (Lipinski definition) is 10. The molecule has 3 aromatic carbocycles. The Labute approximate surface area is 233 Å². The number of para-hydroxylation sites is 1. The number of likely N-dealkylation sites (N-methyl/N-ethyl adjacent to an activating group) is 1. The molecule has 13 heteroatoms. The number of carbonyl (C=O) groups is 2. The van der Waals surface area contributed by atoms with Crippen LogP contribution in [-0.2, 0) is 9.53 Å². The molecule has 0 radical (unpaired) electrons. The van der Waals surface area contributed by atoms with E-state index < -0.39 is 44.5 Å². The van der Waals surface area contributed by atoms with Crippen LogP contribution in [0.3, 0.4) is 0 Å². The number of carbonyl (C=O) groups excluding carboxylic acids is 2. The molecule has 0 saturated carbocycles. The molecule has 0 N–H and O–H groups in total. The Kier molecular flexibility index (Phi) is 8.65. The van der Waals surface area contributed by atoms with Crippen molar-refractivity contribution in [1.82, 2.24) is 4.90 Å². The first kappa shape index (κ1) is 28.5. The molecule has 1 aliphatic rings. The summed E-state index contributed by atoms with van der Waals surface area (Å²) in [5.74, 6) is -0.882. The minimum Gasteiger partial charge on any atom is -0.497 e. The first-order chi connectivity index (χ1) is 19.1. The smallest absolute Gasteiger partial charge is 0.346 e. The number of methoxy groups -OCH3 is 1. The second-order valence-corrected chi connectivity index (χ2v) is 10.3. The van der Waals surface area contributed by atoms with Gasteiger partial charge in [-0.15, -0.1) is 11.8 Å². The Bertz CT molecular complexity index is 1450. The van der Waals surface area contributed by atoms with Crippen molar-refractivity contribution in [2.24, 2.45) is 0 Å². The number of rotatable bonds is 9. The number of thioether (sulfide) groups is 1. The molecule has 40 heavy (non-hydrogen) atoms. The van der Waals surface area contributed by atoms with Crippen molar-refractivity contribution in [3.63, 3.8) is 0 Å². The summed E-state index contributed by atoms with van der Waals surface area (Å²) in [6, 6.07) is 17.1. The van der Waals surface area contributed by atoms with Crippen LogP contribution in [0.2, 0.25) is 0 Å². The lowest BCUT2D eigenvalue weighted by Gasteiger charge is -2.28. The van der Waals surface area contributed by atoms with Gasteiger partial charge >= 0.3 is 17.3 Å². The summed E-state index contributed by atoms with van der Waals surface area (Å²) < 4.78 is 11.1. The SMILES string of the molecule is COc1ccc([C@H]2Sc3ccccc3N(CCN(C)C)C(=O)[C@H]2OC(=O)c2ccc([N+](=O)[O-])c([N+](=O)[O-])c2)cc1. The van der Waals surface area contributed by atoms with Crippen LogP contribution in [-0.4, -0.2) is 67.0 Å². The number of ether oxygens (including phenoxy) is 2. The van der Waals surface area contributed by atoms with Gasteiger partial charge in [0.15, 0.2) is 6.10 Å². The maximum absolute atomic E-state index is 14.1. The van der Waals surface area contributed by atoms with Gasteiger partial charge in [-0.05, 0) is 50.0 Å². The van der Waals surface area contributed by atoms with Gasteiger partial charge in [0.2, 0.25) is 0 Å². The van der Waals surface area contributed by atoms with Crippen LogP contribution in [0.1, 0.15) is 21.2 Å². The number of nitrogens with zero attached hydrogens (tertiary/aromatic N) is 4. The van der Waals surface area contributed by atoms with Gasteiger partial charge in [-0.1, -0.05) is 24.3 Å². The van der Waals surface area contributed by atoms with E-state index in [0.717, 1.165) is 23.1 Å². The zero-order valence-electron chi connectivity index (χ0n) is 21.9. The van der Waals surface area contributed by atoms with E-state index in [1.165, 1.54) is 18.9 Å². The predicted molar refractivity (Wildman–Crippen MR) is 148 cm³/mol. The highest BCUT2D eigenvalue weighted by atomic mass is 32.2. The summed E-state index contributed by atoms with van der Waals surface area (Å²) in [5, 5.41) is 22.0. The monoisotopic (exact) mass is 566 g/mol. The normalized spacial score (nSPS) is 16.7. The molecule has 0 fully saturated rings. The molecule has 0 unspecified atom stereocenters. The molecule has 1 aliphatic heterocycles. The van der Waals surface area contributed by atoms with Gasteiger partial charge < -0.3 is 19.3 Å². The van der Waals surface area contributed by atoms with Crippen LogP contribution in [0.25, 0.3) is 0 Å². The second-order valence-electron chi connectivity index (χ2n) is 9.12. The van der Waals surface area contributed by atoms with Crippen molar-refractivity contribution in [3.8, 4) is 5.75 Å². The molecule has 4 rings (SSSR count). The average molecular weight is 567 g/mol. The molecule has 0 bridgehead atoms. The summed E-state index contributed by atoms with van der Waals surface area (Å²) in [7, 11) is 5.29. The number of amides is 1. The molecule has 3 aromatic rings. The first-order valence-electron chi connectivity index (χ1n) is 12.1. The van der Waals surface area contributed by atoms with E-state index in [1.54, 1.807) is 29.2 Å². The van der Waals surface area contributed by atoms with Gasteiger partial charge in [-0.25, -0.2) is 4.79 Å². The lowest BCUT2D eigenvalue weighted by molar-refractivity contribution is -0.422. The van der Waals surface area contributed by atoms with Gasteiger partial charge in [0.05, 0.1) is 33.5 Å². The Balaban J connectivity index is 1.78. The zero-order valence-corrected chi connectivity index (χ0v) is 22.7. The van der Waals surface area contributed by atoms with Gasteiger partial charge in [0.25, 0.3) is 5.91 Å². The summed E-state index contributed by atoms with van der Waals surface area (Å²) in [4.78, 5) is 52.6. The topological polar surface area (TPSA) is 145 Å². The third kappa shape index (κ3) is 6.05. The van der Waals surface area contributed by atoms with E-state index in [9.17, 15) is 29.8 Å². The fourth-order valence-corrected chi connectivity index (χ4v) is 5.51. The third-order valence-corrected chi connectivity index (χ3v) is 7.62. The fraction of sp³-hybridized carbons (Fsp3) is 0.259. The van der Waals surface area contributed by atoms with Crippen molar-refractivity contribution >= 4 is 40.7 Å². The zero-order chi connectivity index (χ0) is 29.0. The maximum atomic E-state index is 14.1. The lowest BCUT2D eigenvalue weighted by atomic mass is 10.0. The van der Waals surface area contributed by atoms with Crippen LogP contribution in [0, 0.1) is 20.2 Å².